The summed E-state index contributed by atoms with van der Waals surface area (Å²) in [5, 5.41) is 22.0. The van der Waals surface area contributed by atoms with Crippen LogP contribution in [0.15, 0.2) is 0 Å². The minimum Gasteiger partial charge on any atom is -0.316 e. The van der Waals surface area contributed by atoms with Crippen LogP contribution in [-0.2, 0) is 0 Å². The van der Waals surface area contributed by atoms with E-state index in [1.54, 1.807) is 6.92 Å². The zero-order chi connectivity index (χ0) is 10.8. The van der Waals surface area contributed by atoms with Gasteiger partial charge in [0.05, 0.1) is 17.1 Å². The Morgan fingerprint density at radius 3 is 2.67 bits per heavy atom. The Bertz CT molecular complexity index is 452. The van der Waals surface area contributed by atoms with Crippen molar-refractivity contribution in [3.8, 4) is 0 Å². The lowest BCUT2D eigenvalue weighted by Crippen LogP contribution is -2.14. The number of aryl methyl sites for hydroxylation is 2. The van der Waals surface area contributed by atoms with Crippen LogP contribution >= 0.6 is 0 Å². The number of carbonyl (C=O) groups excluding carboxylic acids is 1. The van der Waals surface area contributed by atoms with Gasteiger partial charge in [-0.3, -0.25) is 9.89 Å². The maximum Gasteiger partial charge on any atom is 0.297 e. The normalized spacial score (nSPS) is 10.3. The molecule has 0 bridgehead atoms. The van der Waals surface area contributed by atoms with Gasteiger partial charge in [0.25, 0.3) is 11.7 Å². The first kappa shape index (κ1) is 9.31. The molecule has 2 rings (SSSR count). The number of anilines is 1. The predicted octanol–water partition coefficient (Wildman–Crippen LogP) is -0.208. The molecule has 0 fully saturated rings. The second kappa shape index (κ2) is 3.48. The van der Waals surface area contributed by atoms with Crippen molar-refractivity contribution in [3.05, 3.63) is 17.2 Å². The molecule has 3 N–H and O–H groups in total. The van der Waals surface area contributed by atoms with Crippen LogP contribution in [0.5, 0.6) is 0 Å². The third-order valence-electron chi connectivity index (χ3n) is 1.92. The quantitative estimate of drug-likeness (QED) is 0.630. The number of H-pyrrole nitrogens is 2. The van der Waals surface area contributed by atoms with Crippen molar-refractivity contribution in [3.63, 3.8) is 0 Å². The molecule has 8 heteroatoms. The second-order valence-corrected chi connectivity index (χ2v) is 3.00. The molecule has 0 radical (unpaired) electrons. The zero-order valence-electron chi connectivity index (χ0n) is 8.20. The molecule has 0 atom stereocenters. The van der Waals surface area contributed by atoms with E-state index in [0.29, 0.717) is 11.4 Å². The van der Waals surface area contributed by atoms with Crippen LogP contribution in [0.25, 0.3) is 0 Å². The summed E-state index contributed by atoms with van der Waals surface area (Å²) in [5.41, 5.74) is 2.14. The number of hydrogen-bond donors (Lipinski definition) is 3. The fourth-order valence-corrected chi connectivity index (χ4v) is 1.16. The maximum absolute atomic E-state index is 11.5. The van der Waals surface area contributed by atoms with E-state index in [0.717, 1.165) is 5.69 Å². The van der Waals surface area contributed by atoms with Crippen LogP contribution < -0.4 is 5.32 Å². The Kier molecular flexibility index (Phi) is 2.16. The van der Waals surface area contributed by atoms with Crippen molar-refractivity contribution in [2.75, 3.05) is 5.32 Å². The standard InChI is InChI=1S/C7H9N7O/c1-3-5(4(2)10-9-3)8-7(15)6-11-13-14-12-6/h1-2H3,(H,8,15)(H,9,10)(H,11,12,13,14). The number of amides is 1. The molecule has 0 saturated heterocycles. The monoisotopic (exact) mass is 207 g/mol. The van der Waals surface area contributed by atoms with Crippen molar-refractivity contribution in [1.29, 1.82) is 0 Å². The van der Waals surface area contributed by atoms with Gasteiger partial charge >= 0.3 is 0 Å². The second-order valence-electron chi connectivity index (χ2n) is 3.00. The molecule has 0 unspecified atom stereocenters. The van der Waals surface area contributed by atoms with E-state index in [2.05, 4.69) is 36.1 Å². The van der Waals surface area contributed by atoms with Crippen LogP contribution in [0.1, 0.15) is 22.0 Å². The summed E-state index contributed by atoms with van der Waals surface area (Å²) in [5.74, 6) is -0.425. The summed E-state index contributed by atoms with van der Waals surface area (Å²) < 4.78 is 0. The molecule has 8 nitrogen and oxygen atoms in total. The molecule has 0 spiro atoms. The Balaban J connectivity index is 2.20. The number of tetrazole rings is 1. The fourth-order valence-electron chi connectivity index (χ4n) is 1.16. The summed E-state index contributed by atoms with van der Waals surface area (Å²) in [6.07, 6.45) is 0. The molecule has 2 aromatic rings. The summed E-state index contributed by atoms with van der Waals surface area (Å²) >= 11 is 0. The van der Waals surface area contributed by atoms with Gasteiger partial charge < -0.3 is 5.32 Å². The van der Waals surface area contributed by atoms with Gasteiger partial charge in [0.1, 0.15) is 0 Å². The number of nitrogens with one attached hydrogen (secondary N) is 3. The lowest BCUT2D eigenvalue weighted by Gasteiger charge is -2.00. The van der Waals surface area contributed by atoms with Crippen LogP contribution in [0.2, 0.25) is 0 Å². The molecule has 0 aromatic carbocycles. The van der Waals surface area contributed by atoms with Gasteiger partial charge in [-0.1, -0.05) is 0 Å². The van der Waals surface area contributed by atoms with E-state index in [9.17, 15) is 4.79 Å². The fraction of sp³-hybridized carbons (Fsp3) is 0.286. The maximum atomic E-state index is 11.5. The number of aromatic amines is 2. The van der Waals surface area contributed by atoms with Gasteiger partial charge in [-0.05, 0) is 19.1 Å². The van der Waals surface area contributed by atoms with E-state index in [1.165, 1.54) is 0 Å². The van der Waals surface area contributed by atoms with E-state index in [4.69, 9.17) is 0 Å². The number of rotatable bonds is 2. The van der Waals surface area contributed by atoms with Crippen molar-refractivity contribution in [2.24, 2.45) is 0 Å². The molecule has 2 heterocycles. The summed E-state index contributed by atoms with van der Waals surface area (Å²) in [6, 6.07) is 0. The highest BCUT2D eigenvalue weighted by Crippen LogP contribution is 2.16. The number of carbonyl (C=O) groups is 1. The Hall–Kier alpha value is -2.25. The summed E-state index contributed by atoms with van der Waals surface area (Å²) in [4.78, 5) is 11.5. The minimum absolute atomic E-state index is 0.00463. The minimum atomic E-state index is -0.420. The molecular weight excluding hydrogens is 198 g/mol. The highest BCUT2D eigenvalue weighted by Gasteiger charge is 2.14. The van der Waals surface area contributed by atoms with Gasteiger partial charge in [-0.2, -0.15) is 10.3 Å². The SMILES string of the molecule is Cc1n[nH]c(C)c1NC(=O)c1nn[nH]n1. The summed E-state index contributed by atoms with van der Waals surface area (Å²) in [6.45, 7) is 3.60. The van der Waals surface area contributed by atoms with E-state index >= 15 is 0 Å². The molecule has 0 aliphatic heterocycles. The average Bonchev–Trinajstić information content (AvgIpc) is 2.82. The lowest BCUT2D eigenvalue weighted by atomic mass is 10.3. The third kappa shape index (κ3) is 1.68. The number of aromatic nitrogens is 6. The van der Waals surface area contributed by atoms with Crippen LogP contribution in [0.3, 0.4) is 0 Å². The largest absolute Gasteiger partial charge is 0.316 e. The van der Waals surface area contributed by atoms with Gasteiger partial charge in [0.15, 0.2) is 0 Å². The molecule has 0 saturated carbocycles. The van der Waals surface area contributed by atoms with Crippen molar-refractivity contribution < 1.29 is 4.79 Å². The smallest absolute Gasteiger partial charge is 0.297 e. The molecule has 1 amide bonds. The van der Waals surface area contributed by atoms with Gasteiger partial charge in [-0.15, -0.1) is 10.2 Å². The molecule has 78 valence electrons. The topological polar surface area (TPSA) is 112 Å². The Morgan fingerprint density at radius 1 is 1.33 bits per heavy atom. The van der Waals surface area contributed by atoms with E-state index in [-0.39, 0.29) is 5.82 Å². The molecule has 15 heavy (non-hydrogen) atoms. The average molecular weight is 207 g/mol. The molecule has 0 aliphatic carbocycles. The third-order valence-corrected chi connectivity index (χ3v) is 1.92. The van der Waals surface area contributed by atoms with Gasteiger partial charge in [0.2, 0.25) is 0 Å². The summed E-state index contributed by atoms with van der Waals surface area (Å²) in [7, 11) is 0. The van der Waals surface area contributed by atoms with Gasteiger partial charge in [-0.25, -0.2) is 0 Å². The molecular formula is C7H9N7O. The predicted molar refractivity (Wildman–Crippen MR) is 50.2 cm³/mol. The highest BCUT2D eigenvalue weighted by atomic mass is 16.2. The van der Waals surface area contributed by atoms with Gasteiger partial charge in [0, 0.05) is 0 Å². The van der Waals surface area contributed by atoms with Crippen molar-refractivity contribution in [1.82, 2.24) is 30.8 Å². The van der Waals surface area contributed by atoms with Crippen LogP contribution in [-0.4, -0.2) is 36.7 Å². The van der Waals surface area contributed by atoms with Crippen molar-refractivity contribution in [2.45, 2.75) is 13.8 Å². The Morgan fingerprint density at radius 2 is 2.13 bits per heavy atom. The lowest BCUT2D eigenvalue weighted by molar-refractivity contribution is 0.101. The molecule has 2 aromatic heterocycles. The van der Waals surface area contributed by atoms with Crippen molar-refractivity contribution >= 4 is 11.6 Å². The van der Waals surface area contributed by atoms with E-state index < -0.39 is 5.91 Å². The zero-order valence-corrected chi connectivity index (χ0v) is 8.20. The highest BCUT2D eigenvalue weighted by molar-refractivity contribution is 6.01. The van der Waals surface area contributed by atoms with Crippen LogP contribution in [0, 0.1) is 13.8 Å². The first-order valence-electron chi connectivity index (χ1n) is 4.25. The molecule has 0 aliphatic rings. The number of hydrogen-bond acceptors (Lipinski definition) is 5. The Labute approximate surface area is 84.5 Å². The first-order valence-corrected chi connectivity index (χ1v) is 4.25. The first-order chi connectivity index (χ1) is 7.18. The number of nitrogens with zero attached hydrogens (tertiary/aromatic N) is 4. The van der Waals surface area contributed by atoms with Crippen LogP contribution in [0.4, 0.5) is 5.69 Å². The van der Waals surface area contributed by atoms with E-state index in [1.807, 2.05) is 6.92 Å².